The monoisotopic (exact) mass is 1080 g/mol. The molecule has 0 radical (unpaired) electrons. The fraction of sp³-hybridized carbons (Fsp3) is 0.0333. The minimum Gasteiger partial charge on any atom is -0.509 e. The number of nitrogens with zero attached hydrogens (tertiary/aromatic N) is 8. The molecule has 14 rings (SSSR count). The average molecular weight is 1080 g/mol. The molecule has 338 valence electrons. The number of fused-ring (bicyclic) bond motifs is 10. The SMILES string of the molecule is Cc1cc(-n2c3[c-]c(Oc4[c-]c(N5[CH-]N(C)c6ccccc65)ccc4)ccc3c3ccccc32)ncc1-c1c(-n2c3ccccc3c3cccnc32)cccc1-n1c2ccccc2c2cccnc21.[Pt]. The summed E-state index contributed by atoms with van der Waals surface area (Å²) < 4.78 is 13.4. The zero-order valence-corrected chi connectivity index (χ0v) is 40.1. The molecule has 0 amide bonds. The average Bonchev–Trinajstić information content (AvgIpc) is 4.12. The number of pyridine rings is 3. The van der Waals surface area contributed by atoms with E-state index in [2.05, 4.69) is 196 Å². The maximum atomic E-state index is 6.59. The molecule has 0 bridgehead atoms. The van der Waals surface area contributed by atoms with E-state index < -0.39 is 0 Å². The van der Waals surface area contributed by atoms with Crippen LogP contribution in [-0.4, -0.2) is 35.7 Å². The van der Waals surface area contributed by atoms with Crippen molar-refractivity contribution in [2.45, 2.75) is 6.92 Å². The molecule has 10 heteroatoms. The number of rotatable bonds is 7. The van der Waals surface area contributed by atoms with Crippen molar-refractivity contribution in [1.82, 2.24) is 28.7 Å². The Morgan fingerprint density at radius 3 is 1.69 bits per heavy atom. The molecular weight excluding hydrogens is 1040 g/mol. The Kier molecular flexibility index (Phi) is 9.71. The second kappa shape index (κ2) is 16.3. The third-order valence-corrected chi connectivity index (χ3v) is 13.6. The van der Waals surface area contributed by atoms with Gasteiger partial charge >= 0.3 is 0 Å². The molecule has 0 N–H and O–H groups in total. The molecule has 13 aromatic rings. The van der Waals surface area contributed by atoms with Crippen molar-refractivity contribution in [2.24, 2.45) is 0 Å². The van der Waals surface area contributed by atoms with Gasteiger partial charge in [-0.1, -0.05) is 78.3 Å². The third kappa shape index (κ3) is 6.31. The van der Waals surface area contributed by atoms with Crippen molar-refractivity contribution in [2.75, 3.05) is 16.8 Å². The van der Waals surface area contributed by atoms with Crippen LogP contribution in [0.4, 0.5) is 17.1 Å². The van der Waals surface area contributed by atoms with Crippen LogP contribution in [0.15, 0.2) is 195 Å². The molecule has 6 aromatic heterocycles. The van der Waals surface area contributed by atoms with E-state index in [-0.39, 0.29) is 21.1 Å². The normalized spacial score (nSPS) is 12.5. The molecule has 7 aromatic carbocycles. The zero-order chi connectivity index (χ0) is 45.7. The van der Waals surface area contributed by atoms with E-state index >= 15 is 0 Å². The van der Waals surface area contributed by atoms with Crippen molar-refractivity contribution < 1.29 is 25.8 Å². The van der Waals surface area contributed by atoms with Gasteiger partial charge in [0, 0.05) is 101 Å². The van der Waals surface area contributed by atoms with Gasteiger partial charge in [-0.3, -0.25) is 9.13 Å². The second-order valence-electron chi connectivity index (χ2n) is 17.5. The number of hydrogen-bond acceptors (Lipinski definition) is 6. The minimum atomic E-state index is 0. The number of aryl methyl sites for hydroxylation is 1. The summed E-state index contributed by atoms with van der Waals surface area (Å²) in [6, 6.07) is 68.2. The topological polar surface area (TPSA) is 69.2 Å². The first-order valence-electron chi connectivity index (χ1n) is 23.0. The van der Waals surface area contributed by atoms with Gasteiger partial charge in [0.25, 0.3) is 0 Å². The summed E-state index contributed by atoms with van der Waals surface area (Å²) in [5, 5.41) is 6.62. The van der Waals surface area contributed by atoms with Gasteiger partial charge in [-0.15, -0.1) is 41.4 Å². The second-order valence-corrected chi connectivity index (χ2v) is 17.5. The van der Waals surface area contributed by atoms with Crippen molar-refractivity contribution in [1.29, 1.82) is 0 Å². The molecular formula is C60H39N8OPt-3. The molecule has 0 fully saturated rings. The van der Waals surface area contributed by atoms with Gasteiger partial charge in [-0.2, -0.15) is 18.8 Å². The molecule has 0 spiro atoms. The largest absolute Gasteiger partial charge is 0.509 e. The van der Waals surface area contributed by atoms with Crippen LogP contribution in [-0.2, 0) is 21.1 Å². The van der Waals surface area contributed by atoms with Gasteiger partial charge in [0.05, 0.1) is 22.4 Å². The van der Waals surface area contributed by atoms with E-state index in [1.54, 1.807) is 0 Å². The van der Waals surface area contributed by atoms with Crippen LogP contribution in [0.1, 0.15) is 5.56 Å². The summed E-state index contributed by atoms with van der Waals surface area (Å²) in [6.45, 7) is 4.25. The quantitative estimate of drug-likeness (QED) is 0.148. The Balaban J connectivity index is 0.00000480. The number of para-hydroxylation sites is 5. The molecule has 0 aliphatic carbocycles. The van der Waals surface area contributed by atoms with Gasteiger partial charge in [-0.05, 0) is 97.7 Å². The molecule has 0 atom stereocenters. The number of ether oxygens (including phenoxy) is 1. The molecule has 0 unspecified atom stereocenters. The van der Waals surface area contributed by atoms with Gasteiger partial charge < -0.3 is 19.1 Å². The summed E-state index contributed by atoms with van der Waals surface area (Å²) in [4.78, 5) is 19.7. The van der Waals surface area contributed by atoms with Gasteiger partial charge in [0.1, 0.15) is 17.1 Å². The van der Waals surface area contributed by atoms with E-state index in [4.69, 9.17) is 19.7 Å². The number of anilines is 3. The Morgan fingerprint density at radius 2 is 1.03 bits per heavy atom. The predicted molar refractivity (Wildman–Crippen MR) is 278 cm³/mol. The molecule has 1 aliphatic rings. The third-order valence-electron chi connectivity index (χ3n) is 13.6. The first kappa shape index (κ1) is 41.6. The van der Waals surface area contributed by atoms with Crippen LogP contribution in [0, 0.1) is 25.7 Å². The molecule has 0 saturated carbocycles. The first-order chi connectivity index (χ1) is 34.1. The van der Waals surface area contributed by atoms with Crippen LogP contribution in [0.25, 0.3) is 94.0 Å². The smallest absolute Gasteiger partial charge is 0.145 e. The number of aromatic nitrogens is 6. The van der Waals surface area contributed by atoms with Crippen molar-refractivity contribution in [3.8, 4) is 39.8 Å². The molecule has 7 heterocycles. The summed E-state index contributed by atoms with van der Waals surface area (Å²) in [6.07, 6.45) is 5.78. The van der Waals surface area contributed by atoms with E-state index in [0.717, 1.165) is 117 Å². The maximum absolute atomic E-state index is 6.59. The summed E-state index contributed by atoms with van der Waals surface area (Å²) >= 11 is 0. The molecule has 70 heavy (non-hydrogen) atoms. The standard InChI is InChI=1S/C60H39N8O.Pt/c1-38-33-57(66-49-22-6-3-17-42(49)45-30-29-41(35-56(45)66)69-40-16-11-15-39(34-40)65-37-64(2)52-25-9-10-26-53(52)65)63-36-48(38)58-54(67-50-23-7-4-18-43(50)46-20-13-31-61-59(46)67)27-12-28-55(58)68-51-24-8-5-19-44(51)47-21-14-32-62-60(47)68;/h3-33,36-37H,1-2H3;/q-3;. The number of benzene rings is 7. The molecule has 0 saturated heterocycles. The van der Waals surface area contributed by atoms with Crippen molar-refractivity contribution in [3.63, 3.8) is 0 Å². The van der Waals surface area contributed by atoms with E-state index in [0.29, 0.717) is 11.5 Å². The van der Waals surface area contributed by atoms with E-state index in [1.807, 2.05) is 55.0 Å². The van der Waals surface area contributed by atoms with Gasteiger partial charge in [0.2, 0.25) is 0 Å². The fourth-order valence-corrected chi connectivity index (χ4v) is 10.6. The van der Waals surface area contributed by atoms with Crippen LogP contribution in [0.5, 0.6) is 11.5 Å². The summed E-state index contributed by atoms with van der Waals surface area (Å²) in [7, 11) is 2.05. The summed E-state index contributed by atoms with van der Waals surface area (Å²) in [5.74, 6) is 1.94. The summed E-state index contributed by atoms with van der Waals surface area (Å²) in [5.41, 5.74) is 13.9. The Morgan fingerprint density at radius 1 is 0.486 bits per heavy atom. The van der Waals surface area contributed by atoms with Crippen molar-refractivity contribution in [3.05, 3.63) is 219 Å². The first-order valence-corrected chi connectivity index (χ1v) is 23.0. The van der Waals surface area contributed by atoms with E-state index in [1.165, 1.54) is 0 Å². The minimum absolute atomic E-state index is 0. The van der Waals surface area contributed by atoms with Crippen LogP contribution in [0.3, 0.4) is 0 Å². The van der Waals surface area contributed by atoms with Crippen LogP contribution >= 0.6 is 0 Å². The van der Waals surface area contributed by atoms with Crippen LogP contribution in [0.2, 0.25) is 0 Å². The Bertz CT molecular complexity index is 3990. The van der Waals surface area contributed by atoms with Gasteiger partial charge in [-0.25, -0.2) is 15.0 Å². The predicted octanol–water partition coefficient (Wildman–Crippen LogP) is 14.2. The fourth-order valence-electron chi connectivity index (χ4n) is 10.6. The number of hydrogen-bond donors (Lipinski definition) is 0. The van der Waals surface area contributed by atoms with E-state index in [9.17, 15) is 0 Å². The zero-order valence-electron chi connectivity index (χ0n) is 37.9. The van der Waals surface area contributed by atoms with Gasteiger partial charge in [0.15, 0.2) is 0 Å². The van der Waals surface area contributed by atoms with Crippen LogP contribution < -0.4 is 14.5 Å². The maximum Gasteiger partial charge on any atom is 0.145 e. The Hall–Kier alpha value is -8.52. The molecule has 9 nitrogen and oxygen atoms in total. The Labute approximate surface area is 417 Å². The van der Waals surface area contributed by atoms with Crippen molar-refractivity contribution >= 4 is 82.7 Å². The molecule has 1 aliphatic heterocycles.